The van der Waals surface area contributed by atoms with Crippen LogP contribution in [0.25, 0.3) is 0 Å². The molecule has 1 aromatic carbocycles. The third kappa shape index (κ3) is 4.41. The van der Waals surface area contributed by atoms with E-state index >= 15 is 0 Å². The molecule has 1 heterocycles. The number of nitrogens with zero attached hydrogens (tertiary/aromatic N) is 2. The van der Waals surface area contributed by atoms with E-state index in [-0.39, 0.29) is 9.91 Å². The summed E-state index contributed by atoms with van der Waals surface area (Å²) in [7, 11) is 0. The van der Waals surface area contributed by atoms with Crippen molar-refractivity contribution in [3.8, 4) is 0 Å². The molecule has 1 aromatic heterocycles. The maximum absolute atomic E-state index is 10.9. The van der Waals surface area contributed by atoms with E-state index in [4.69, 9.17) is 32.8 Å². The number of allylic oxidation sites excluding steroid dienone is 1. The average Bonchev–Trinajstić information content (AvgIpc) is 2.84. The van der Waals surface area contributed by atoms with Gasteiger partial charge >= 0.3 is 5.97 Å². The zero-order valence-corrected chi connectivity index (χ0v) is 15.8. The van der Waals surface area contributed by atoms with E-state index in [2.05, 4.69) is 10.1 Å². The van der Waals surface area contributed by atoms with Gasteiger partial charge in [0.25, 0.3) is 0 Å². The van der Waals surface area contributed by atoms with Crippen LogP contribution in [-0.2, 0) is 11.2 Å². The first-order valence-electron chi connectivity index (χ1n) is 7.74. The monoisotopic (exact) mass is 382 g/mol. The largest absolute Gasteiger partial charge is 0.481 e. The topological polar surface area (TPSA) is 76.2 Å². The summed E-state index contributed by atoms with van der Waals surface area (Å²) in [5.74, 6) is -0.535. The first-order chi connectivity index (χ1) is 11.7. The molecule has 1 aliphatic carbocycles. The van der Waals surface area contributed by atoms with Crippen molar-refractivity contribution in [1.29, 1.82) is 0 Å². The lowest BCUT2D eigenvalue weighted by Crippen LogP contribution is -2.04. The number of halogens is 2. The molecule has 2 aromatic rings. The van der Waals surface area contributed by atoms with Crippen LogP contribution in [0.5, 0.6) is 0 Å². The fourth-order valence-electron chi connectivity index (χ4n) is 3.12. The third-order valence-electron chi connectivity index (χ3n) is 4.89. The quantitative estimate of drug-likeness (QED) is 0.827. The number of aliphatic carboxylic acids is 1. The Bertz CT molecular complexity index is 741. The lowest BCUT2D eigenvalue weighted by atomic mass is 9.99. The van der Waals surface area contributed by atoms with E-state index in [1.54, 1.807) is 6.08 Å². The Labute approximate surface area is 156 Å². The summed E-state index contributed by atoms with van der Waals surface area (Å²) in [4.78, 5) is 14.8. The molecule has 0 spiro atoms. The maximum atomic E-state index is 10.9. The van der Waals surface area contributed by atoms with Gasteiger partial charge in [0.05, 0.1) is 12.3 Å². The number of aromatic nitrogens is 2. The molecular formula is C18H20Cl2N2O3. The fraction of sp³-hybridized carbons (Fsp3) is 0.389. The van der Waals surface area contributed by atoms with Crippen molar-refractivity contribution in [2.24, 2.45) is 16.7 Å². The number of hydrogen-bond donors (Lipinski definition) is 1. The summed E-state index contributed by atoms with van der Waals surface area (Å²) in [5.41, 5.74) is 0.493. The second kappa shape index (κ2) is 7.58. The van der Waals surface area contributed by atoms with Crippen LogP contribution in [0.1, 0.15) is 32.2 Å². The van der Waals surface area contributed by atoms with E-state index in [1.165, 1.54) is 11.9 Å². The SMILES string of the molecule is CC1(C)C(C(=O)O)C1(C)C=C(Cl)Cl.c1ccc(Cc2ncno2)cc1. The maximum Gasteiger partial charge on any atom is 0.307 e. The van der Waals surface area contributed by atoms with Crippen LogP contribution in [0, 0.1) is 16.7 Å². The molecule has 0 aliphatic heterocycles. The molecule has 1 fully saturated rings. The highest BCUT2D eigenvalue weighted by Gasteiger charge is 2.70. The standard InChI is InChI=1S/C9H12Cl2O2.C9H8N2O/c1-8(2)6(7(12)13)9(8,3)4-5(10)11;1-2-4-8(5-3-1)6-9-10-7-11-12-9/h4,6H,1-3H3,(H,12,13);1-5,7H,6H2. The average molecular weight is 383 g/mol. The highest BCUT2D eigenvalue weighted by molar-refractivity contribution is 6.55. The highest BCUT2D eigenvalue weighted by Crippen LogP contribution is 2.70. The summed E-state index contributed by atoms with van der Waals surface area (Å²) < 4.78 is 5.01. The Hall–Kier alpha value is -1.85. The minimum Gasteiger partial charge on any atom is -0.481 e. The van der Waals surface area contributed by atoms with Gasteiger partial charge in [0.2, 0.25) is 5.89 Å². The van der Waals surface area contributed by atoms with Gasteiger partial charge in [-0.1, -0.05) is 79.5 Å². The zero-order valence-electron chi connectivity index (χ0n) is 14.2. The minimum atomic E-state index is -0.793. The fourth-order valence-corrected chi connectivity index (χ4v) is 3.57. The van der Waals surface area contributed by atoms with Crippen molar-refractivity contribution in [1.82, 2.24) is 10.1 Å². The van der Waals surface area contributed by atoms with Gasteiger partial charge in [-0.05, 0) is 17.1 Å². The number of benzene rings is 1. The normalized spacial score (nSPS) is 23.2. The van der Waals surface area contributed by atoms with Crippen LogP contribution in [0.4, 0.5) is 0 Å². The smallest absolute Gasteiger partial charge is 0.307 e. The summed E-state index contributed by atoms with van der Waals surface area (Å²) in [6, 6.07) is 10.0. The van der Waals surface area contributed by atoms with Gasteiger partial charge in [-0.3, -0.25) is 4.79 Å². The molecule has 0 bridgehead atoms. The molecule has 1 aliphatic rings. The van der Waals surface area contributed by atoms with Crippen molar-refractivity contribution in [2.75, 3.05) is 0 Å². The van der Waals surface area contributed by atoms with Crippen molar-refractivity contribution in [2.45, 2.75) is 27.2 Å². The predicted molar refractivity (Wildman–Crippen MR) is 96.3 cm³/mol. The first kappa shape index (κ1) is 19.5. The molecule has 134 valence electrons. The van der Waals surface area contributed by atoms with Crippen molar-refractivity contribution in [3.05, 3.63) is 58.7 Å². The van der Waals surface area contributed by atoms with E-state index in [1.807, 2.05) is 51.1 Å². The van der Waals surface area contributed by atoms with E-state index < -0.39 is 17.3 Å². The van der Waals surface area contributed by atoms with Gasteiger partial charge in [-0.15, -0.1) is 0 Å². The van der Waals surface area contributed by atoms with Gasteiger partial charge in [0, 0.05) is 5.41 Å². The number of rotatable bonds is 4. The van der Waals surface area contributed by atoms with Gasteiger partial charge in [-0.2, -0.15) is 4.98 Å². The van der Waals surface area contributed by atoms with E-state index in [9.17, 15) is 4.79 Å². The molecule has 0 radical (unpaired) electrons. The van der Waals surface area contributed by atoms with Crippen LogP contribution in [-0.4, -0.2) is 21.2 Å². The molecule has 7 heteroatoms. The molecule has 1 saturated carbocycles. The summed E-state index contributed by atoms with van der Waals surface area (Å²) >= 11 is 11.1. The summed E-state index contributed by atoms with van der Waals surface area (Å²) in [6.45, 7) is 5.66. The number of carboxylic acid groups (broad SMARTS) is 1. The molecule has 0 saturated heterocycles. The van der Waals surface area contributed by atoms with E-state index in [0.29, 0.717) is 12.3 Å². The molecule has 2 atom stereocenters. The van der Waals surface area contributed by atoms with Gasteiger partial charge in [-0.25, -0.2) is 0 Å². The van der Waals surface area contributed by atoms with Gasteiger partial charge in [0.1, 0.15) is 4.49 Å². The van der Waals surface area contributed by atoms with Crippen molar-refractivity contribution >= 4 is 29.2 Å². The minimum absolute atomic E-state index is 0.138. The lowest BCUT2D eigenvalue weighted by molar-refractivity contribution is -0.139. The summed E-state index contributed by atoms with van der Waals surface area (Å²) in [6.07, 6.45) is 3.74. The second-order valence-electron chi connectivity index (χ2n) is 6.71. The molecule has 3 rings (SSSR count). The predicted octanol–water partition coefficient (Wildman–Crippen LogP) is 4.71. The molecule has 5 nitrogen and oxygen atoms in total. The Kier molecular flexibility index (Phi) is 5.91. The number of hydrogen-bond acceptors (Lipinski definition) is 4. The second-order valence-corrected chi connectivity index (χ2v) is 7.71. The van der Waals surface area contributed by atoms with E-state index in [0.717, 1.165) is 0 Å². The lowest BCUT2D eigenvalue weighted by Gasteiger charge is -2.07. The number of carboxylic acids is 1. The third-order valence-corrected chi connectivity index (χ3v) is 5.11. The Balaban J connectivity index is 0.000000181. The van der Waals surface area contributed by atoms with Gasteiger partial charge < -0.3 is 9.63 Å². The number of carbonyl (C=O) groups is 1. The molecule has 2 unspecified atom stereocenters. The van der Waals surface area contributed by atoms with Crippen LogP contribution in [0.3, 0.4) is 0 Å². The Morgan fingerprint density at radius 3 is 2.36 bits per heavy atom. The zero-order chi connectivity index (χ0) is 18.7. The Morgan fingerprint density at radius 2 is 1.92 bits per heavy atom. The Morgan fingerprint density at radius 1 is 1.28 bits per heavy atom. The van der Waals surface area contributed by atoms with Crippen LogP contribution in [0.2, 0.25) is 0 Å². The summed E-state index contributed by atoms with van der Waals surface area (Å²) in [5, 5.41) is 12.5. The molecule has 25 heavy (non-hydrogen) atoms. The highest BCUT2D eigenvalue weighted by atomic mass is 35.5. The first-order valence-corrected chi connectivity index (χ1v) is 8.50. The van der Waals surface area contributed by atoms with Crippen molar-refractivity contribution < 1.29 is 14.4 Å². The van der Waals surface area contributed by atoms with Crippen LogP contribution >= 0.6 is 23.2 Å². The molecule has 0 amide bonds. The van der Waals surface area contributed by atoms with Crippen LogP contribution < -0.4 is 0 Å². The molecular weight excluding hydrogens is 363 g/mol. The van der Waals surface area contributed by atoms with Crippen LogP contribution in [0.15, 0.2) is 51.7 Å². The van der Waals surface area contributed by atoms with Gasteiger partial charge in [0.15, 0.2) is 6.33 Å². The molecule has 1 N–H and O–H groups in total. The van der Waals surface area contributed by atoms with Crippen molar-refractivity contribution in [3.63, 3.8) is 0 Å².